The van der Waals surface area contributed by atoms with Crippen LogP contribution in [0.5, 0.6) is 0 Å². The fourth-order valence-corrected chi connectivity index (χ4v) is 2.76. The van der Waals surface area contributed by atoms with Gasteiger partial charge >= 0.3 is 0 Å². The maximum Gasteiger partial charge on any atom is 0.230 e. The van der Waals surface area contributed by atoms with Gasteiger partial charge in [0.15, 0.2) is 0 Å². The number of hydrogen-bond acceptors (Lipinski definition) is 3. The fraction of sp³-hybridized carbons (Fsp3) is 0.0625. The Morgan fingerprint density at radius 3 is 2.52 bits per heavy atom. The monoisotopic (exact) mass is 318 g/mol. The number of nitrogens with two attached hydrogens (primary N) is 1. The Hall–Kier alpha value is -1.97. The van der Waals surface area contributed by atoms with E-state index in [1.54, 1.807) is 0 Å². The number of halogens is 2. The van der Waals surface area contributed by atoms with E-state index in [0.29, 0.717) is 21.3 Å². The van der Waals surface area contributed by atoms with Crippen LogP contribution in [-0.4, -0.2) is 5.16 Å². The number of benzene rings is 2. The molecule has 3 aromatic rings. The number of nitrogen functional groups attached to an aromatic ring is 1. The molecule has 0 spiro atoms. The third-order valence-corrected chi connectivity index (χ3v) is 3.87. The van der Waals surface area contributed by atoms with Crippen LogP contribution in [0.4, 0.5) is 5.88 Å². The van der Waals surface area contributed by atoms with Gasteiger partial charge in [-0.1, -0.05) is 52.6 Å². The van der Waals surface area contributed by atoms with Gasteiger partial charge in [0.1, 0.15) is 5.69 Å². The third kappa shape index (κ3) is 2.50. The van der Waals surface area contributed by atoms with Gasteiger partial charge in [0.25, 0.3) is 0 Å². The minimum absolute atomic E-state index is 0.243. The van der Waals surface area contributed by atoms with Crippen LogP contribution < -0.4 is 5.73 Å². The van der Waals surface area contributed by atoms with Crippen LogP contribution in [-0.2, 0) is 0 Å². The maximum atomic E-state index is 6.27. The van der Waals surface area contributed by atoms with Crippen LogP contribution >= 0.6 is 23.2 Å². The van der Waals surface area contributed by atoms with Gasteiger partial charge in [0.05, 0.1) is 5.56 Å². The van der Waals surface area contributed by atoms with Crippen LogP contribution in [0.2, 0.25) is 10.0 Å². The van der Waals surface area contributed by atoms with Crippen molar-refractivity contribution in [2.45, 2.75) is 6.92 Å². The summed E-state index contributed by atoms with van der Waals surface area (Å²) in [6.07, 6.45) is 0. The molecule has 0 aliphatic heterocycles. The van der Waals surface area contributed by atoms with Crippen molar-refractivity contribution in [2.24, 2.45) is 0 Å². The Bertz CT molecular complexity index is 812. The van der Waals surface area contributed by atoms with Gasteiger partial charge in [0.2, 0.25) is 5.88 Å². The Kier molecular flexibility index (Phi) is 3.62. The Labute approximate surface area is 132 Å². The van der Waals surface area contributed by atoms with Gasteiger partial charge < -0.3 is 10.3 Å². The highest BCUT2D eigenvalue weighted by Crippen LogP contribution is 2.40. The summed E-state index contributed by atoms with van der Waals surface area (Å²) >= 11 is 12.3. The molecule has 2 aromatic carbocycles. The van der Waals surface area contributed by atoms with E-state index in [-0.39, 0.29) is 5.88 Å². The second-order valence-electron chi connectivity index (χ2n) is 4.71. The van der Waals surface area contributed by atoms with Gasteiger partial charge in [-0.25, -0.2) is 0 Å². The van der Waals surface area contributed by atoms with E-state index < -0.39 is 0 Å². The first-order chi connectivity index (χ1) is 10.1. The largest absolute Gasteiger partial charge is 0.367 e. The SMILES string of the molecule is Cc1cc(Cl)ccc1-c1noc(N)c1-c1ccccc1Cl. The summed E-state index contributed by atoms with van der Waals surface area (Å²) in [5.41, 5.74) is 10.0. The number of aryl methyl sites for hydroxylation is 1. The molecular formula is C16H12Cl2N2O. The molecule has 106 valence electrons. The number of hydrogen-bond donors (Lipinski definition) is 1. The molecule has 0 amide bonds. The van der Waals surface area contributed by atoms with Crippen molar-refractivity contribution in [3.8, 4) is 22.4 Å². The van der Waals surface area contributed by atoms with Crippen molar-refractivity contribution in [3.05, 3.63) is 58.1 Å². The molecule has 0 atom stereocenters. The van der Waals surface area contributed by atoms with Gasteiger partial charge in [-0.15, -0.1) is 0 Å². The lowest BCUT2D eigenvalue weighted by molar-refractivity contribution is 0.439. The molecule has 0 unspecified atom stereocenters. The number of aromatic nitrogens is 1. The lowest BCUT2D eigenvalue weighted by Gasteiger charge is -2.07. The zero-order valence-electron chi connectivity index (χ0n) is 11.2. The summed E-state index contributed by atoms with van der Waals surface area (Å²) in [6, 6.07) is 13.0. The van der Waals surface area contributed by atoms with E-state index in [2.05, 4.69) is 5.16 Å². The molecule has 0 saturated heterocycles. The Morgan fingerprint density at radius 1 is 1.05 bits per heavy atom. The first-order valence-corrected chi connectivity index (χ1v) is 7.10. The molecule has 0 aliphatic carbocycles. The molecule has 5 heteroatoms. The summed E-state index contributed by atoms with van der Waals surface area (Å²) in [6.45, 7) is 1.96. The highest BCUT2D eigenvalue weighted by molar-refractivity contribution is 6.33. The minimum atomic E-state index is 0.243. The lowest BCUT2D eigenvalue weighted by Crippen LogP contribution is -1.90. The molecule has 0 aliphatic rings. The van der Waals surface area contributed by atoms with Gasteiger partial charge in [-0.3, -0.25) is 0 Å². The van der Waals surface area contributed by atoms with Crippen molar-refractivity contribution in [2.75, 3.05) is 5.73 Å². The summed E-state index contributed by atoms with van der Waals surface area (Å²) in [4.78, 5) is 0. The summed E-state index contributed by atoms with van der Waals surface area (Å²) in [5.74, 6) is 0.243. The predicted octanol–water partition coefficient (Wildman–Crippen LogP) is 5.21. The molecule has 1 aromatic heterocycles. The van der Waals surface area contributed by atoms with Crippen LogP contribution in [0.15, 0.2) is 47.0 Å². The molecule has 3 rings (SSSR count). The lowest BCUT2D eigenvalue weighted by atomic mass is 9.98. The zero-order valence-corrected chi connectivity index (χ0v) is 12.7. The molecule has 0 fully saturated rings. The smallest absolute Gasteiger partial charge is 0.230 e. The van der Waals surface area contributed by atoms with Crippen LogP contribution in [0, 0.1) is 6.92 Å². The first-order valence-electron chi connectivity index (χ1n) is 6.34. The van der Waals surface area contributed by atoms with E-state index in [1.165, 1.54) is 0 Å². The van der Waals surface area contributed by atoms with Crippen molar-refractivity contribution < 1.29 is 4.52 Å². The predicted molar refractivity (Wildman–Crippen MR) is 86.5 cm³/mol. The molecule has 3 nitrogen and oxygen atoms in total. The summed E-state index contributed by atoms with van der Waals surface area (Å²) in [7, 11) is 0. The van der Waals surface area contributed by atoms with Crippen LogP contribution in [0.3, 0.4) is 0 Å². The normalized spacial score (nSPS) is 10.8. The number of nitrogens with zero attached hydrogens (tertiary/aromatic N) is 1. The molecule has 1 heterocycles. The average Bonchev–Trinajstić information content (AvgIpc) is 2.81. The average molecular weight is 319 g/mol. The summed E-state index contributed by atoms with van der Waals surface area (Å²) in [5, 5.41) is 5.36. The molecule has 0 radical (unpaired) electrons. The highest BCUT2D eigenvalue weighted by Gasteiger charge is 2.20. The Balaban J connectivity index is 2.25. The quantitative estimate of drug-likeness (QED) is 0.706. The molecule has 0 saturated carbocycles. The second-order valence-corrected chi connectivity index (χ2v) is 5.55. The highest BCUT2D eigenvalue weighted by atomic mass is 35.5. The zero-order chi connectivity index (χ0) is 15.0. The van der Waals surface area contributed by atoms with Crippen molar-refractivity contribution >= 4 is 29.1 Å². The van der Waals surface area contributed by atoms with Crippen molar-refractivity contribution in [3.63, 3.8) is 0 Å². The molecule has 2 N–H and O–H groups in total. The van der Waals surface area contributed by atoms with Gasteiger partial charge in [0, 0.05) is 21.2 Å². The van der Waals surface area contributed by atoms with Crippen LogP contribution in [0.1, 0.15) is 5.56 Å². The third-order valence-electron chi connectivity index (χ3n) is 3.31. The van der Waals surface area contributed by atoms with E-state index >= 15 is 0 Å². The van der Waals surface area contributed by atoms with E-state index in [1.807, 2.05) is 49.4 Å². The number of anilines is 1. The number of rotatable bonds is 2. The summed E-state index contributed by atoms with van der Waals surface area (Å²) < 4.78 is 5.18. The molecule has 0 bridgehead atoms. The standard InChI is InChI=1S/C16H12Cl2N2O/c1-9-8-10(17)6-7-11(9)15-14(16(19)21-20-15)12-4-2-3-5-13(12)18/h2-8H,19H2,1H3. The fourth-order valence-electron chi connectivity index (χ4n) is 2.30. The van der Waals surface area contributed by atoms with Gasteiger partial charge in [-0.05, 0) is 30.7 Å². The van der Waals surface area contributed by atoms with Gasteiger partial charge in [-0.2, -0.15) is 0 Å². The Morgan fingerprint density at radius 2 is 1.81 bits per heavy atom. The topological polar surface area (TPSA) is 52.0 Å². The van der Waals surface area contributed by atoms with E-state index in [4.69, 9.17) is 33.5 Å². The minimum Gasteiger partial charge on any atom is -0.367 e. The maximum absolute atomic E-state index is 6.27. The van der Waals surface area contributed by atoms with Crippen molar-refractivity contribution in [1.29, 1.82) is 0 Å². The van der Waals surface area contributed by atoms with Crippen molar-refractivity contribution in [1.82, 2.24) is 5.16 Å². The molecular weight excluding hydrogens is 307 g/mol. The van der Waals surface area contributed by atoms with Crippen LogP contribution in [0.25, 0.3) is 22.4 Å². The van der Waals surface area contributed by atoms with E-state index in [9.17, 15) is 0 Å². The molecule has 21 heavy (non-hydrogen) atoms. The second kappa shape index (κ2) is 5.43. The van der Waals surface area contributed by atoms with E-state index in [0.717, 1.165) is 16.7 Å². The first kappa shape index (κ1) is 14.0.